The van der Waals surface area contributed by atoms with Crippen molar-refractivity contribution >= 4 is 11.6 Å². The zero-order valence-corrected chi connectivity index (χ0v) is 7.75. The van der Waals surface area contributed by atoms with Crippen molar-refractivity contribution < 1.29 is 9.47 Å². The quantitative estimate of drug-likeness (QED) is 0.553. The molecule has 0 aliphatic carbocycles. The van der Waals surface area contributed by atoms with Crippen molar-refractivity contribution in [2.24, 2.45) is 5.73 Å². The van der Waals surface area contributed by atoms with E-state index in [4.69, 9.17) is 26.8 Å². The van der Waals surface area contributed by atoms with Gasteiger partial charge in [-0.25, -0.2) is 0 Å². The van der Waals surface area contributed by atoms with Gasteiger partial charge in [0.15, 0.2) is 11.5 Å². The van der Waals surface area contributed by atoms with Crippen molar-refractivity contribution in [3.63, 3.8) is 0 Å². The van der Waals surface area contributed by atoms with Crippen LogP contribution in [0.4, 0.5) is 0 Å². The maximum absolute atomic E-state index is 5.73. The first-order valence-electron chi connectivity index (χ1n) is 4.06. The van der Waals surface area contributed by atoms with Crippen LogP contribution >= 0.6 is 11.6 Å². The molecule has 1 aliphatic heterocycles. The van der Waals surface area contributed by atoms with E-state index in [0.717, 1.165) is 17.1 Å². The lowest BCUT2D eigenvalue weighted by atomic mass is 10.2. The Morgan fingerprint density at radius 2 is 1.92 bits per heavy atom. The molecule has 0 bridgehead atoms. The fourth-order valence-corrected chi connectivity index (χ4v) is 1.37. The molecular weight excluding hydrogens is 190 g/mol. The summed E-state index contributed by atoms with van der Waals surface area (Å²) < 4.78 is 10.7. The van der Waals surface area contributed by atoms with Crippen LogP contribution in [0.5, 0.6) is 11.5 Å². The van der Waals surface area contributed by atoms with Gasteiger partial charge in [0.2, 0.25) is 0 Å². The third kappa shape index (κ3) is 1.71. The van der Waals surface area contributed by atoms with E-state index in [2.05, 4.69) is 0 Å². The Hall–Kier alpha value is -0.930. The van der Waals surface area contributed by atoms with Crippen molar-refractivity contribution in [3.05, 3.63) is 23.8 Å². The third-order valence-electron chi connectivity index (χ3n) is 1.88. The van der Waals surface area contributed by atoms with E-state index in [0.29, 0.717) is 13.2 Å². The van der Waals surface area contributed by atoms with E-state index in [1.807, 2.05) is 18.2 Å². The van der Waals surface area contributed by atoms with Crippen molar-refractivity contribution in [1.82, 2.24) is 0 Å². The van der Waals surface area contributed by atoms with Gasteiger partial charge in [-0.1, -0.05) is 6.07 Å². The van der Waals surface area contributed by atoms with Gasteiger partial charge in [-0.15, -0.1) is 11.6 Å². The van der Waals surface area contributed by atoms with E-state index < -0.39 is 5.50 Å². The molecule has 0 saturated heterocycles. The van der Waals surface area contributed by atoms with Gasteiger partial charge in [0.05, 0.1) is 0 Å². The van der Waals surface area contributed by atoms with Gasteiger partial charge in [-0.2, -0.15) is 0 Å². The normalized spacial score (nSPS) is 16.8. The van der Waals surface area contributed by atoms with Crippen LogP contribution in [0.3, 0.4) is 0 Å². The summed E-state index contributed by atoms with van der Waals surface area (Å²) in [5, 5.41) is 0. The van der Waals surface area contributed by atoms with Crippen LogP contribution in [0.1, 0.15) is 11.1 Å². The number of halogens is 1. The van der Waals surface area contributed by atoms with Gasteiger partial charge in [0, 0.05) is 0 Å². The SMILES string of the molecule is NC(Cl)c1ccc2c(c1)OCCO2. The molecule has 0 saturated carbocycles. The van der Waals surface area contributed by atoms with Crippen LogP contribution in [-0.4, -0.2) is 13.2 Å². The van der Waals surface area contributed by atoms with E-state index in [1.54, 1.807) is 0 Å². The maximum Gasteiger partial charge on any atom is 0.161 e. The van der Waals surface area contributed by atoms with Gasteiger partial charge < -0.3 is 15.2 Å². The lowest BCUT2D eigenvalue weighted by molar-refractivity contribution is 0.171. The maximum atomic E-state index is 5.73. The Kier molecular flexibility index (Phi) is 2.29. The standard InChI is InChI=1S/C9H10ClNO2/c10-9(11)6-1-2-7-8(5-6)13-4-3-12-7/h1-2,5,9H,3-4,11H2. The van der Waals surface area contributed by atoms with Gasteiger partial charge in [0.25, 0.3) is 0 Å². The molecule has 13 heavy (non-hydrogen) atoms. The molecule has 1 unspecified atom stereocenters. The summed E-state index contributed by atoms with van der Waals surface area (Å²) >= 11 is 5.73. The van der Waals surface area contributed by atoms with Crippen LogP contribution < -0.4 is 15.2 Å². The number of alkyl halides is 1. The molecule has 2 N–H and O–H groups in total. The Labute approximate surface area is 81.4 Å². The largest absolute Gasteiger partial charge is 0.486 e. The number of benzene rings is 1. The number of fused-ring (bicyclic) bond motifs is 1. The minimum Gasteiger partial charge on any atom is -0.486 e. The van der Waals surface area contributed by atoms with Gasteiger partial charge in [-0.05, 0) is 17.7 Å². The minimum atomic E-state index is -0.490. The molecule has 2 rings (SSSR count). The van der Waals surface area contributed by atoms with Crippen LogP contribution in [0.25, 0.3) is 0 Å². The summed E-state index contributed by atoms with van der Waals surface area (Å²) in [7, 11) is 0. The molecule has 0 spiro atoms. The third-order valence-corrected chi connectivity index (χ3v) is 2.14. The summed E-state index contributed by atoms with van der Waals surface area (Å²) in [6.07, 6.45) is 0. The Morgan fingerprint density at radius 1 is 1.23 bits per heavy atom. The lowest BCUT2D eigenvalue weighted by Gasteiger charge is -2.19. The van der Waals surface area contributed by atoms with Gasteiger partial charge in [0.1, 0.15) is 18.7 Å². The second kappa shape index (κ2) is 3.44. The van der Waals surface area contributed by atoms with Crippen molar-refractivity contribution in [1.29, 1.82) is 0 Å². The van der Waals surface area contributed by atoms with Crippen molar-refractivity contribution in [3.8, 4) is 11.5 Å². The second-order valence-electron chi connectivity index (χ2n) is 2.80. The number of hydrogen-bond acceptors (Lipinski definition) is 3. The molecule has 1 aromatic rings. The predicted octanol–water partition coefficient (Wildman–Crippen LogP) is 1.65. The Balaban J connectivity index is 2.35. The van der Waals surface area contributed by atoms with Crippen LogP contribution in [0, 0.1) is 0 Å². The fraction of sp³-hybridized carbons (Fsp3) is 0.333. The van der Waals surface area contributed by atoms with Gasteiger partial charge in [-0.3, -0.25) is 0 Å². The highest BCUT2D eigenvalue weighted by Gasteiger charge is 2.13. The molecule has 1 atom stereocenters. The van der Waals surface area contributed by atoms with E-state index >= 15 is 0 Å². The van der Waals surface area contributed by atoms with E-state index in [-0.39, 0.29) is 0 Å². The smallest absolute Gasteiger partial charge is 0.161 e. The topological polar surface area (TPSA) is 44.5 Å². The molecule has 1 heterocycles. The summed E-state index contributed by atoms with van der Waals surface area (Å²) in [5.74, 6) is 1.48. The summed E-state index contributed by atoms with van der Waals surface area (Å²) in [6.45, 7) is 1.17. The van der Waals surface area contributed by atoms with Crippen LogP contribution in [0.2, 0.25) is 0 Å². The highest BCUT2D eigenvalue weighted by atomic mass is 35.5. The zero-order valence-electron chi connectivity index (χ0n) is 7.00. The molecule has 1 aromatic carbocycles. The Bertz CT molecular complexity index is 314. The molecule has 4 heteroatoms. The van der Waals surface area contributed by atoms with E-state index in [1.165, 1.54) is 0 Å². The average Bonchev–Trinajstić information content (AvgIpc) is 2.17. The Morgan fingerprint density at radius 3 is 2.62 bits per heavy atom. The average molecular weight is 200 g/mol. The number of rotatable bonds is 1. The first-order chi connectivity index (χ1) is 6.27. The summed E-state index contributed by atoms with van der Waals surface area (Å²) in [5.41, 5.74) is 5.86. The molecule has 1 aliphatic rings. The highest BCUT2D eigenvalue weighted by molar-refractivity contribution is 6.20. The van der Waals surface area contributed by atoms with Gasteiger partial charge >= 0.3 is 0 Å². The molecule has 0 amide bonds. The van der Waals surface area contributed by atoms with Crippen molar-refractivity contribution in [2.45, 2.75) is 5.50 Å². The van der Waals surface area contributed by atoms with Crippen molar-refractivity contribution in [2.75, 3.05) is 13.2 Å². The predicted molar refractivity (Wildman–Crippen MR) is 50.2 cm³/mol. The molecule has 0 fully saturated rings. The number of hydrogen-bond donors (Lipinski definition) is 1. The van der Waals surface area contributed by atoms with Crippen LogP contribution in [0.15, 0.2) is 18.2 Å². The molecular formula is C9H10ClNO2. The highest BCUT2D eigenvalue weighted by Crippen LogP contribution is 2.32. The van der Waals surface area contributed by atoms with E-state index in [9.17, 15) is 0 Å². The lowest BCUT2D eigenvalue weighted by Crippen LogP contribution is -2.15. The fourth-order valence-electron chi connectivity index (χ4n) is 1.23. The number of nitrogens with two attached hydrogens (primary N) is 1. The molecule has 70 valence electrons. The second-order valence-corrected chi connectivity index (χ2v) is 3.28. The molecule has 0 radical (unpaired) electrons. The van der Waals surface area contributed by atoms with Crippen LogP contribution in [-0.2, 0) is 0 Å². The monoisotopic (exact) mass is 199 g/mol. The first-order valence-corrected chi connectivity index (χ1v) is 4.50. The number of ether oxygens (including phenoxy) is 2. The summed E-state index contributed by atoms with van der Waals surface area (Å²) in [4.78, 5) is 0. The summed E-state index contributed by atoms with van der Waals surface area (Å²) in [6, 6.07) is 5.48. The molecule has 0 aromatic heterocycles. The minimum absolute atomic E-state index is 0.490. The molecule has 3 nitrogen and oxygen atoms in total. The zero-order chi connectivity index (χ0) is 9.26. The first kappa shape index (κ1) is 8.66.